The molecule has 1 aromatic carbocycles. The van der Waals surface area contributed by atoms with Gasteiger partial charge < -0.3 is 0 Å². The molecule has 6 heteroatoms. The van der Waals surface area contributed by atoms with Crippen LogP contribution in [0.5, 0.6) is 0 Å². The van der Waals surface area contributed by atoms with E-state index < -0.39 is 0 Å². The van der Waals surface area contributed by atoms with Crippen molar-refractivity contribution in [1.82, 2.24) is 9.78 Å². The monoisotopic (exact) mass is 430 g/mol. The number of aromatic nitrogens is 2. The highest BCUT2D eigenvalue weighted by Gasteiger charge is 2.07. The number of hydrogen-bond acceptors (Lipinski definition) is 1. The lowest BCUT2D eigenvalue weighted by Crippen LogP contribution is -2.01. The standard InChI is InChI=1S/C10H6BrCl2IN2/c11-7-5-16(15-10(7)14)4-6-2-1-3-8(12)9(6)13/h1-3,5H,4H2. The smallest absolute Gasteiger partial charge is 0.137 e. The summed E-state index contributed by atoms with van der Waals surface area (Å²) in [6.07, 6.45) is 1.92. The normalized spacial score (nSPS) is 10.8. The molecule has 0 saturated heterocycles. The van der Waals surface area contributed by atoms with Gasteiger partial charge in [0.1, 0.15) is 3.70 Å². The van der Waals surface area contributed by atoms with E-state index >= 15 is 0 Å². The largest absolute Gasteiger partial charge is 0.266 e. The van der Waals surface area contributed by atoms with Gasteiger partial charge in [0.25, 0.3) is 0 Å². The predicted molar refractivity (Wildman–Crippen MR) is 78.2 cm³/mol. The molecule has 0 bridgehead atoms. The Morgan fingerprint density at radius 2 is 2.12 bits per heavy atom. The molecule has 0 aliphatic carbocycles. The molecule has 0 unspecified atom stereocenters. The first-order valence-corrected chi connectivity index (χ1v) is 7.02. The van der Waals surface area contributed by atoms with E-state index in [1.54, 1.807) is 6.07 Å². The second-order valence-electron chi connectivity index (χ2n) is 3.18. The first-order chi connectivity index (χ1) is 7.58. The highest BCUT2D eigenvalue weighted by molar-refractivity contribution is 14.1. The van der Waals surface area contributed by atoms with Gasteiger partial charge in [0, 0.05) is 6.20 Å². The Labute approximate surface area is 125 Å². The summed E-state index contributed by atoms with van der Waals surface area (Å²) < 4.78 is 3.73. The van der Waals surface area contributed by atoms with Gasteiger partial charge in [-0.3, -0.25) is 4.68 Å². The van der Waals surface area contributed by atoms with Crippen LogP contribution in [0, 0.1) is 3.70 Å². The van der Waals surface area contributed by atoms with Crippen molar-refractivity contribution in [3.63, 3.8) is 0 Å². The van der Waals surface area contributed by atoms with Gasteiger partial charge in [-0.25, -0.2) is 0 Å². The van der Waals surface area contributed by atoms with E-state index in [9.17, 15) is 0 Å². The SMILES string of the molecule is Clc1cccc(Cn2cc(Br)c(I)n2)c1Cl. The average molecular weight is 432 g/mol. The fourth-order valence-electron chi connectivity index (χ4n) is 1.30. The third-order valence-electron chi connectivity index (χ3n) is 2.04. The van der Waals surface area contributed by atoms with E-state index in [-0.39, 0.29) is 0 Å². The topological polar surface area (TPSA) is 17.8 Å². The lowest BCUT2D eigenvalue weighted by molar-refractivity contribution is 0.681. The Kier molecular flexibility index (Phi) is 4.15. The van der Waals surface area contributed by atoms with E-state index in [4.69, 9.17) is 23.2 Å². The van der Waals surface area contributed by atoms with E-state index in [1.807, 2.05) is 23.0 Å². The molecule has 0 atom stereocenters. The van der Waals surface area contributed by atoms with E-state index in [1.165, 1.54) is 0 Å². The first-order valence-electron chi connectivity index (χ1n) is 4.39. The van der Waals surface area contributed by atoms with Gasteiger partial charge in [-0.2, -0.15) is 5.10 Å². The highest BCUT2D eigenvalue weighted by Crippen LogP contribution is 2.26. The minimum Gasteiger partial charge on any atom is -0.266 e. The van der Waals surface area contributed by atoms with Crippen LogP contribution in [-0.2, 0) is 6.54 Å². The Bertz CT molecular complexity index is 508. The average Bonchev–Trinajstić information content (AvgIpc) is 2.54. The van der Waals surface area contributed by atoms with Crippen LogP contribution in [0.3, 0.4) is 0 Å². The number of halogens is 4. The maximum absolute atomic E-state index is 6.10. The molecule has 84 valence electrons. The number of rotatable bonds is 2. The summed E-state index contributed by atoms with van der Waals surface area (Å²) in [6, 6.07) is 5.60. The summed E-state index contributed by atoms with van der Waals surface area (Å²) in [5, 5.41) is 5.49. The number of benzene rings is 1. The quantitative estimate of drug-likeness (QED) is 0.635. The van der Waals surface area contributed by atoms with Crippen molar-refractivity contribution in [3.05, 3.63) is 48.2 Å². The summed E-state index contributed by atoms with van der Waals surface area (Å²) in [4.78, 5) is 0. The second-order valence-corrected chi connectivity index (χ2v) is 5.84. The van der Waals surface area contributed by atoms with E-state index in [0.717, 1.165) is 13.7 Å². The second kappa shape index (κ2) is 5.25. The summed E-state index contributed by atoms with van der Waals surface area (Å²) >= 11 is 17.6. The minimum atomic E-state index is 0.570. The summed E-state index contributed by atoms with van der Waals surface area (Å²) in [6.45, 7) is 0.612. The Morgan fingerprint density at radius 1 is 1.38 bits per heavy atom. The molecule has 1 aromatic heterocycles. The molecule has 16 heavy (non-hydrogen) atoms. The molecular weight excluding hydrogens is 426 g/mol. The Hall–Kier alpha value is 0.220. The van der Waals surface area contributed by atoms with Crippen molar-refractivity contribution in [2.45, 2.75) is 6.54 Å². The van der Waals surface area contributed by atoms with Crippen LogP contribution in [0.1, 0.15) is 5.56 Å². The van der Waals surface area contributed by atoms with Gasteiger partial charge in [-0.15, -0.1) is 0 Å². The molecule has 0 fully saturated rings. The van der Waals surface area contributed by atoms with Crippen molar-refractivity contribution >= 4 is 61.7 Å². The van der Waals surface area contributed by atoms with Crippen LogP contribution in [0.25, 0.3) is 0 Å². The lowest BCUT2D eigenvalue weighted by Gasteiger charge is -2.05. The Morgan fingerprint density at radius 3 is 2.75 bits per heavy atom. The van der Waals surface area contributed by atoms with Gasteiger partial charge >= 0.3 is 0 Å². The zero-order chi connectivity index (χ0) is 11.7. The fraction of sp³-hybridized carbons (Fsp3) is 0.100. The highest BCUT2D eigenvalue weighted by atomic mass is 127. The predicted octanol–water partition coefficient (Wildman–Crippen LogP) is 4.61. The van der Waals surface area contributed by atoms with Crippen molar-refractivity contribution in [3.8, 4) is 0 Å². The van der Waals surface area contributed by atoms with Crippen molar-refractivity contribution in [2.24, 2.45) is 0 Å². The van der Waals surface area contributed by atoms with Crippen LogP contribution in [0.4, 0.5) is 0 Å². The number of hydrogen-bond donors (Lipinski definition) is 0. The van der Waals surface area contributed by atoms with Gasteiger partial charge in [0.05, 0.1) is 21.1 Å². The van der Waals surface area contributed by atoms with Crippen LogP contribution >= 0.6 is 61.7 Å². The maximum Gasteiger partial charge on any atom is 0.137 e. The first kappa shape index (κ1) is 12.7. The number of nitrogens with zero attached hydrogens (tertiary/aromatic N) is 2. The van der Waals surface area contributed by atoms with Gasteiger partial charge in [0.15, 0.2) is 0 Å². The van der Waals surface area contributed by atoms with Crippen LogP contribution in [0.15, 0.2) is 28.9 Å². The van der Waals surface area contributed by atoms with Gasteiger partial charge in [-0.1, -0.05) is 35.3 Å². The Balaban J connectivity index is 2.30. The van der Waals surface area contributed by atoms with Gasteiger partial charge in [0.2, 0.25) is 0 Å². The van der Waals surface area contributed by atoms with Crippen LogP contribution in [0.2, 0.25) is 10.0 Å². The zero-order valence-electron chi connectivity index (χ0n) is 7.92. The molecule has 2 aromatic rings. The third kappa shape index (κ3) is 2.72. The van der Waals surface area contributed by atoms with Crippen molar-refractivity contribution in [1.29, 1.82) is 0 Å². The molecule has 2 rings (SSSR count). The molecule has 0 aliphatic rings. The van der Waals surface area contributed by atoms with E-state index in [0.29, 0.717) is 16.6 Å². The molecule has 2 nitrogen and oxygen atoms in total. The van der Waals surface area contributed by atoms with Crippen molar-refractivity contribution in [2.75, 3.05) is 0 Å². The lowest BCUT2D eigenvalue weighted by atomic mass is 10.2. The fourth-order valence-corrected chi connectivity index (χ4v) is 2.41. The molecule has 0 saturated carbocycles. The van der Waals surface area contributed by atoms with E-state index in [2.05, 4.69) is 43.6 Å². The zero-order valence-corrected chi connectivity index (χ0v) is 13.2. The molecule has 0 amide bonds. The third-order valence-corrected chi connectivity index (χ3v) is 5.02. The molecule has 1 heterocycles. The van der Waals surface area contributed by atoms with Crippen LogP contribution < -0.4 is 0 Å². The maximum atomic E-state index is 6.10. The summed E-state index contributed by atoms with van der Waals surface area (Å²) in [7, 11) is 0. The van der Waals surface area contributed by atoms with Crippen molar-refractivity contribution < 1.29 is 0 Å². The molecular formula is C10H6BrCl2IN2. The summed E-state index contributed by atoms with van der Waals surface area (Å²) in [5.41, 5.74) is 0.959. The molecule has 0 N–H and O–H groups in total. The van der Waals surface area contributed by atoms with Crippen LogP contribution in [-0.4, -0.2) is 9.78 Å². The molecule has 0 spiro atoms. The molecule has 0 aliphatic heterocycles. The molecule has 0 radical (unpaired) electrons. The summed E-state index contributed by atoms with van der Waals surface area (Å²) in [5.74, 6) is 0. The minimum absolute atomic E-state index is 0.570. The van der Waals surface area contributed by atoms with Gasteiger partial charge in [-0.05, 0) is 50.2 Å².